The first-order valence-corrected chi connectivity index (χ1v) is 5.33. The van der Waals surface area contributed by atoms with Crippen molar-refractivity contribution in [2.75, 3.05) is 11.9 Å². The summed E-state index contributed by atoms with van der Waals surface area (Å²) >= 11 is 0. The van der Waals surface area contributed by atoms with E-state index in [2.05, 4.69) is 57.4 Å². The molecule has 0 aromatic heterocycles. The predicted molar refractivity (Wildman–Crippen MR) is 68.5 cm³/mol. The molecule has 0 fully saturated rings. The van der Waals surface area contributed by atoms with Gasteiger partial charge in [0.1, 0.15) is 0 Å². The minimum absolute atomic E-state index is 0.199. The molecule has 0 spiro atoms. The van der Waals surface area contributed by atoms with Gasteiger partial charge in [-0.1, -0.05) is 39.5 Å². The molecular formula is C14H21N. The topological polar surface area (TPSA) is 3.24 Å². The molecule has 1 rings (SSSR count). The summed E-state index contributed by atoms with van der Waals surface area (Å²) in [6.07, 6.45) is 1.84. The van der Waals surface area contributed by atoms with Crippen LogP contribution in [-0.2, 0) is 5.41 Å². The van der Waals surface area contributed by atoms with Crippen LogP contribution in [-0.4, -0.2) is 7.05 Å². The van der Waals surface area contributed by atoms with Crippen molar-refractivity contribution < 1.29 is 0 Å². The summed E-state index contributed by atoms with van der Waals surface area (Å²) in [4.78, 5) is 2.06. The van der Waals surface area contributed by atoms with Crippen LogP contribution in [0.4, 0.5) is 5.69 Å². The number of anilines is 1. The van der Waals surface area contributed by atoms with E-state index in [9.17, 15) is 0 Å². The van der Waals surface area contributed by atoms with E-state index in [0.29, 0.717) is 0 Å². The summed E-state index contributed by atoms with van der Waals surface area (Å²) < 4.78 is 0. The van der Waals surface area contributed by atoms with Crippen molar-refractivity contribution in [2.24, 2.45) is 0 Å². The predicted octanol–water partition coefficient (Wildman–Crippen LogP) is 3.87. The number of nitrogens with zero attached hydrogens (tertiary/aromatic N) is 1. The van der Waals surface area contributed by atoms with Crippen molar-refractivity contribution >= 4 is 5.69 Å². The molecule has 0 N–H and O–H groups in total. The summed E-state index contributed by atoms with van der Waals surface area (Å²) in [5.74, 6) is 0. The minimum atomic E-state index is 0.199. The van der Waals surface area contributed by atoms with Gasteiger partial charge in [0.15, 0.2) is 0 Å². The lowest BCUT2D eigenvalue weighted by Crippen LogP contribution is -2.14. The third kappa shape index (κ3) is 2.62. The van der Waals surface area contributed by atoms with Crippen molar-refractivity contribution in [3.05, 3.63) is 42.1 Å². The summed E-state index contributed by atoms with van der Waals surface area (Å²) in [7, 11) is 2.03. The first-order valence-electron chi connectivity index (χ1n) is 5.33. The summed E-state index contributed by atoms with van der Waals surface area (Å²) in [6.45, 7) is 12.6. The van der Waals surface area contributed by atoms with Gasteiger partial charge in [0.05, 0.1) is 0 Å². The second-order valence-electron chi connectivity index (χ2n) is 5.04. The molecular weight excluding hydrogens is 182 g/mol. The highest BCUT2D eigenvalue weighted by Gasteiger charge is 2.15. The highest BCUT2D eigenvalue weighted by atomic mass is 15.1. The molecule has 0 amide bonds. The molecule has 0 heterocycles. The molecule has 1 heteroatoms. The molecule has 15 heavy (non-hydrogen) atoms. The molecule has 0 unspecified atom stereocenters. The van der Waals surface area contributed by atoms with E-state index in [1.807, 2.05) is 13.2 Å². The Kier molecular flexibility index (Phi) is 3.23. The maximum Gasteiger partial charge on any atom is 0.0435 e. The van der Waals surface area contributed by atoms with Gasteiger partial charge in [0.2, 0.25) is 0 Å². The molecule has 0 aliphatic rings. The summed E-state index contributed by atoms with van der Waals surface area (Å²) in [5, 5.41) is 0. The number of hydrogen-bond acceptors (Lipinski definition) is 1. The van der Waals surface area contributed by atoms with Crippen LogP contribution in [0.5, 0.6) is 0 Å². The van der Waals surface area contributed by atoms with Crippen molar-refractivity contribution in [1.82, 2.24) is 0 Å². The van der Waals surface area contributed by atoms with Crippen LogP contribution >= 0.6 is 0 Å². The van der Waals surface area contributed by atoms with E-state index in [4.69, 9.17) is 0 Å². The minimum Gasteiger partial charge on any atom is -0.351 e. The molecule has 0 bridgehead atoms. The largest absolute Gasteiger partial charge is 0.351 e. The molecule has 0 atom stereocenters. The van der Waals surface area contributed by atoms with Crippen molar-refractivity contribution in [1.29, 1.82) is 0 Å². The normalized spacial score (nSPS) is 11.3. The zero-order valence-electron chi connectivity index (χ0n) is 10.5. The van der Waals surface area contributed by atoms with Gasteiger partial charge in [-0.2, -0.15) is 0 Å². The Balaban J connectivity index is 3.22. The SMILES string of the molecule is C=CN(C)c1cc(C(C)(C)C)ccc1C. The Bertz CT molecular complexity index is 358. The van der Waals surface area contributed by atoms with Crippen LogP contribution in [0.2, 0.25) is 0 Å². The molecule has 0 radical (unpaired) electrons. The molecule has 0 saturated heterocycles. The zero-order chi connectivity index (χ0) is 11.6. The maximum atomic E-state index is 3.80. The second-order valence-corrected chi connectivity index (χ2v) is 5.04. The van der Waals surface area contributed by atoms with Crippen molar-refractivity contribution in [3.8, 4) is 0 Å². The zero-order valence-corrected chi connectivity index (χ0v) is 10.5. The summed E-state index contributed by atoms with van der Waals surface area (Å²) in [6, 6.07) is 6.63. The Hall–Kier alpha value is -1.24. The molecule has 0 saturated carbocycles. The quantitative estimate of drug-likeness (QED) is 0.705. The van der Waals surface area contributed by atoms with Gasteiger partial charge in [-0.3, -0.25) is 0 Å². The fourth-order valence-electron chi connectivity index (χ4n) is 1.55. The smallest absolute Gasteiger partial charge is 0.0435 e. The maximum absolute atomic E-state index is 3.80. The lowest BCUT2D eigenvalue weighted by molar-refractivity contribution is 0.590. The van der Waals surface area contributed by atoms with Gasteiger partial charge >= 0.3 is 0 Å². The van der Waals surface area contributed by atoms with E-state index in [0.717, 1.165) is 0 Å². The van der Waals surface area contributed by atoms with Crippen molar-refractivity contribution in [2.45, 2.75) is 33.1 Å². The fourth-order valence-corrected chi connectivity index (χ4v) is 1.55. The molecule has 0 aliphatic carbocycles. The fraction of sp³-hybridized carbons (Fsp3) is 0.429. The van der Waals surface area contributed by atoms with Gasteiger partial charge in [0.25, 0.3) is 0 Å². The van der Waals surface area contributed by atoms with E-state index in [-0.39, 0.29) is 5.41 Å². The first-order chi connectivity index (χ1) is 6.86. The van der Waals surface area contributed by atoms with Gasteiger partial charge in [0, 0.05) is 12.7 Å². The Morgan fingerprint density at radius 1 is 1.27 bits per heavy atom. The molecule has 1 nitrogen and oxygen atoms in total. The second kappa shape index (κ2) is 4.09. The van der Waals surface area contributed by atoms with Crippen LogP contribution < -0.4 is 4.90 Å². The van der Waals surface area contributed by atoms with Gasteiger partial charge in [-0.25, -0.2) is 0 Å². The highest BCUT2D eigenvalue weighted by molar-refractivity contribution is 5.57. The number of rotatable bonds is 2. The lowest BCUT2D eigenvalue weighted by atomic mass is 9.86. The van der Waals surface area contributed by atoms with E-state index < -0.39 is 0 Å². The Morgan fingerprint density at radius 2 is 1.87 bits per heavy atom. The molecule has 82 valence electrons. The van der Waals surface area contributed by atoms with Crippen LogP contribution in [0.25, 0.3) is 0 Å². The van der Waals surface area contributed by atoms with Gasteiger partial charge < -0.3 is 4.90 Å². The standard InChI is InChI=1S/C14H21N/c1-7-15(6)13-10-12(14(3,4)5)9-8-11(13)2/h7-10H,1H2,2-6H3. The Labute approximate surface area is 93.4 Å². The average molecular weight is 203 g/mol. The van der Waals surface area contributed by atoms with Crippen molar-refractivity contribution in [3.63, 3.8) is 0 Å². The first kappa shape index (κ1) is 11.8. The third-order valence-electron chi connectivity index (χ3n) is 2.73. The number of benzene rings is 1. The van der Waals surface area contributed by atoms with Gasteiger partial charge in [-0.15, -0.1) is 0 Å². The Morgan fingerprint density at radius 3 is 2.33 bits per heavy atom. The monoisotopic (exact) mass is 203 g/mol. The van der Waals surface area contributed by atoms with Crippen LogP contribution in [0.1, 0.15) is 31.9 Å². The lowest BCUT2D eigenvalue weighted by Gasteiger charge is -2.23. The number of hydrogen-bond donors (Lipinski definition) is 0. The van der Waals surface area contributed by atoms with Gasteiger partial charge in [-0.05, 0) is 35.7 Å². The summed E-state index contributed by atoms with van der Waals surface area (Å²) in [5.41, 5.74) is 4.07. The highest BCUT2D eigenvalue weighted by Crippen LogP contribution is 2.28. The van der Waals surface area contributed by atoms with E-state index in [1.165, 1.54) is 16.8 Å². The average Bonchev–Trinajstić information content (AvgIpc) is 2.15. The number of aryl methyl sites for hydroxylation is 1. The van der Waals surface area contributed by atoms with Crippen LogP contribution in [0, 0.1) is 6.92 Å². The third-order valence-corrected chi connectivity index (χ3v) is 2.73. The molecule has 1 aromatic carbocycles. The van der Waals surface area contributed by atoms with Crippen LogP contribution in [0.15, 0.2) is 31.0 Å². The molecule has 0 aliphatic heterocycles. The molecule has 1 aromatic rings. The van der Waals surface area contributed by atoms with Crippen LogP contribution in [0.3, 0.4) is 0 Å². The van der Waals surface area contributed by atoms with E-state index >= 15 is 0 Å². The van der Waals surface area contributed by atoms with E-state index in [1.54, 1.807) is 0 Å².